The zero-order valence-corrected chi connectivity index (χ0v) is 15.8. The third-order valence-electron chi connectivity index (χ3n) is 5.13. The van der Waals surface area contributed by atoms with Gasteiger partial charge in [0, 0.05) is 26.7 Å². The number of likely N-dealkylation sites (tertiary alicyclic amines) is 1. The van der Waals surface area contributed by atoms with Crippen molar-refractivity contribution in [2.75, 3.05) is 20.2 Å². The van der Waals surface area contributed by atoms with Crippen molar-refractivity contribution in [2.24, 2.45) is 7.05 Å². The smallest absolute Gasteiger partial charge is 0.216 e. The van der Waals surface area contributed by atoms with Gasteiger partial charge in [-0.2, -0.15) is 5.10 Å². The van der Waals surface area contributed by atoms with Gasteiger partial charge in [0.05, 0.1) is 31.1 Å². The number of rotatable bonds is 6. The van der Waals surface area contributed by atoms with Gasteiger partial charge in [-0.1, -0.05) is 24.3 Å². The molecule has 1 aromatic carbocycles. The molecule has 0 radical (unpaired) electrons. The van der Waals surface area contributed by atoms with Crippen LogP contribution in [-0.4, -0.2) is 41.0 Å². The van der Waals surface area contributed by atoms with Gasteiger partial charge < -0.3 is 9.47 Å². The van der Waals surface area contributed by atoms with Gasteiger partial charge >= 0.3 is 0 Å². The zero-order valence-electron chi connectivity index (χ0n) is 15.8. The van der Waals surface area contributed by atoms with Crippen molar-refractivity contribution in [1.82, 2.24) is 14.7 Å². The zero-order chi connectivity index (χ0) is 17.8. The molecule has 0 saturated carbocycles. The van der Waals surface area contributed by atoms with Gasteiger partial charge in [0.1, 0.15) is 0 Å². The van der Waals surface area contributed by atoms with Crippen LogP contribution < -0.4 is 4.74 Å². The SMILES string of the molecule is COc1c(CN2CCC(OCc3ccccc3C)CC2)c(C)nn1C. The minimum Gasteiger partial charge on any atom is -0.481 e. The van der Waals surface area contributed by atoms with E-state index in [1.54, 1.807) is 7.11 Å². The average Bonchev–Trinajstić information content (AvgIpc) is 2.88. The lowest BCUT2D eigenvalue weighted by Gasteiger charge is -2.32. The molecule has 2 heterocycles. The van der Waals surface area contributed by atoms with Crippen molar-refractivity contribution in [3.05, 3.63) is 46.6 Å². The quantitative estimate of drug-likeness (QED) is 0.807. The first-order chi connectivity index (χ1) is 12.1. The molecule has 0 N–H and O–H groups in total. The van der Waals surface area contributed by atoms with Crippen LogP contribution in [0, 0.1) is 13.8 Å². The predicted molar refractivity (Wildman–Crippen MR) is 98.8 cm³/mol. The van der Waals surface area contributed by atoms with Crippen LogP contribution in [-0.2, 0) is 24.9 Å². The molecule has 5 heteroatoms. The Bertz CT molecular complexity index is 703. The van der Waals surface area contributed by atoms with E-state index in [0.717, 1.165) is 44.0 Å². The summed E-state index contributed by atoms with van der Waals surface area (Å²) in [7, 11) is 3.65. The summed E-state index contributed by atoms with van der Waals surface area (Å²) in [6, 6.07) is 8.46. The largest absolute Gasteiger partial charge is 0.481 e. The average molecular weight is 343 g/mol. The normalized spacial score (nSPS) is 16.3. The Hall–Kier alpha value is -1.85. The highest BCUT2D eigenvalue weighted by atomic mass is 16.5. The van der Waals surface area contributed by atoms with Crippen LogP contribution in [0.2, 0.25) is 0 Å². The summed E-state index contributed by atoms with van der Waals surface area (Å²) >= 11 is 0. The van der Waals surface area contributed by atoms with E-state index in [0.29, 0.717) is 12.7 Å². The topological polar surface area (TPSA) is 39.5 Å². The molecule has 0 spiro atoms. The number of nitrogens with zero attached hydrogens (tertiary/aromatic N) is 3. The third-order valence-corrected chi connectivity index (χ3v) is 5.13. The second-order valence-corrected chi connectivity index (χ2v) is 6.91. The molecule has 3 rings (SSSR count). The molecule has 5 nitrogen and oxygen atoms in total. The Labute approximate surface area is 150 Å². The lowest BCUT2D eigenvalue weighted by atomic mass is 10.1. The third kappa shape index (κ3) is 4.22. The summed E-state index contributed by atoms with van der Waals surface area (Å²) in [4.78, 5) is 2.47. The maximum absolute atomic E-state index is 6.15. The summed E-state index contributed by atoms with van der Waals surface area (Å²) in [5.74, 6) is 0.871. The number of aryl methyl sites for hydroxylation is 3. The maximum Gasteiger partial charge on any atom is 0.216 e. The molecule has 1 fully saturated rings. The van der Waals surface area contributed by atoms with E-state index in [2.05, 4.69) is 48.1 Å². The van der Waals surface area contributed by atoms with Gasteiger partial charge in [-0.15, -0.1) is 0 Å². The monoisotopic (exact) mass is 343 g/mol. The van der Waals surface area contributed by atoms with E-state index >= 15 is 0 Å². The minimum absolute atomic E-state index is 0.354. The van der Waals surface area contributed by atoms with Crippen LogP contribution in [0.5, 0.6) is 5.88 Å². The molecule has 0 unspecified atom stereocenters. The minimum atomic E-state index is 0.354. The van der Waals surface area contributed by atoms with E-state index in [1.807, 2.05) is 11.7 Å². The van der Waals surface area contributed by atoms with E-state index in [4.69, 9.17) is 9.47 Å². The fourth-order valence-corrected chi connectivity index (χ4v) is 3.56. The molecule has 1 aliphatic heterocycles. The standard InChI is InChI=1S/C20H29N3O2/c1-15-7-5-6-8-17(15)14-25-18-9-11-23(12-10-18)13-19-16(2)21-22(3)20(19)24-4/h5-8,18H,9-14H2,1-4H3. The van der Waals surface area contributed by atoms with Crippen LogP contribution in [0.3, 0.4) is 0 Å². The first-order valence-electron chi connectivity index (χ1n) is 9.03. The first-order valence-corrected chi connectivity index (χ1v) is 9.03. The van der Waals surface area contributed by atoms with E-state index in [1.165, 1.54) is 16.7 Å². The van der Waals surface area contributed by atoms with Crippen molar-refractivity contribution in [3.63, 3.8) is 0 Å². The Morgan fingerprint density at radius 3 is 2.56 bits per heavy atom. The molecule has 136 valence electrons. The number of aromatic nitrogens is 2. The van der Waals surface area contributed by atoms with Crippen LogP contribution >= 0.6 is 0 Å². The molecule has 0 aliphatic carbocycles. The van der Waals surface area contributed by atoms with Crippen LogP contribution in [0.25, 0.3) is 0 Å². The highest BCUT2D eigenvalue weighted by Gasteiger charge is 2.23. The highest BCUT2D eigenvalue weighted by Crippen LogP contribution is 2.25. The molecule has 0 bridgehead atoms. The van der Waals surface area contributed by atoms with Crippen LogP contribution in [0.15, 0.2) is 24.3 Å². The molecule has 2 aromatic rings. The number of hydrogen-bond donors (Lipinski definition) is 0. The summed E-state index contributed by atoms with van der Waals surface area (Å²) in [5, 5.41) is 4.47. The Kier molecular flexibility index (Phi) is 5.76. The number of methoxy groups -OCH3 is 1. The fourth-order valence-electron chi connectivity index (χ4n) is 3.56. The summed E-state index contributed by atoms with van der Waals surface area (Å²) < 4.78 is 13.5. The lowest BCUT2D eigenvalue weighted by molar-refractivity contribution is -0.00424. The maximum atomic E-state index is 6.15. The fraction of sp³-hybridized carbons (Fsp3) is 0.550. The van der Waals surface area contributed by atoms with Crippen LogP contribution in [0.4, 0.5) is 0 Å². The first kappa shape index (κ1) is 18.0. The summed E-state index contributed by atoms with van der Waals surface area (Å²) in [6.07, 6.45) is 2.51. The summed E-state index contributed by atoms with van der Waals surface area (Å²) in [5.41, 5.74) is 4.85. The molecular formula is C20H29N3O2. The second kappa shape index (κ2) is 8.02. The van der Waals surface area contributed by atoms with Gasteiger partial charge in [0.15, 0.2) is 0 Å². The van der Waals surface area contributed by atoms with E-state index in [-0.39, 0.29) is 0 Å². The van der Waals surface area contributed by atoms with Gasteiger partial charge in [-0.25, -0.2) is 4.68 Å². The number of hydrogen-bond acceptors (Lipinski definition) is 4. The Morgan fingerprint density at radius 1 is 1.16 bits per heavy atom. The second-order valence-electron chi connectivity index (χ2n) is 6.91. The highest BCUT2D eigenvalue weighted by molar-refractivity contribution is 5.30. The van der Waals surface area contributed by atoms with Gasteiger partial charge in [0.2, 0.25) is 5.88 Å². The lowest BCUT2D eigenvalue weighted by Crippen LogP contribution is -2.36. The number of piperidine rings is 1. The molecular weight excluding hydrogens is 314 g/mol. The van der Waals surface area contributed by atoms with Crippen molar-refractivity contribution in [2.45, 2.75) is 45.9 Å². The van der Waals surface area contributed by atoms with E-state index < -0.39 is 0 Å². The Balaban J connectivity index is 1.50. The van der Waals surface area contributed by atoms with Gasteiger partial charge in [-0.3, -0.25) is 4.90 Å². The van der Waals surface area contributed by atoms with E-state index in [9.17, 15) is 0 Å². The van der Waals surface area contributed by atoms with Crippen molar-refractivity contribution < 1.29 is 9.47 Å². The summed E-state index contributed by atoms with van der Waals surface area (Å²) in [6.45, 7) is 7.91. The number of ether oxygens (including phenoxy) is 2. The molecule has 25 heavy (non-hydrogen) atoms. The number of benzene rings is 1. The van der Waals surface area contributed by atoms with Gasteiger partial charge in [-0.05, 0) is 37.8 Å². The van der Waals surface area contributed by atoms with Crippen molar-refractivity contribution in [3.8, 4) is 5.88 Å². The molecule has 1 aromatic heterocycles. The molecule has 0 atom stereocenters. The molecule has 1 aliphatic rings. The van der Waals surface area contributed by atoms with Crippen LogP contribution in [0.1, 0.15) is 35.2 Å². The van der Waals surface area contributed by atoms with Crippen molar-refractivity contribution >= 4 is 0 Å². The molecule has 1 saturated heterocycles. The van der Waals surface area contributed by atoms with Crippen molar-refractivity contribution in [1.29, 1.82) is 0 Å². The Morgan fingerprint density at radius 2 is 1.88 bits per heavy atom. The molecule has 0 amide bonds. The predicted octanol–water partition coefficient (Wildman–Crippen LogP) is 3.23. The van der Waals surface area contributed by atoms with Gasteiger partial charge in [0.25, 0.3) is 0 Å².